The summed E-state index contributed by atoms with van der Waals surface area (Å²) < 4.78 is 34.7. The average Bonchev–Trinajstić information content (AvgIpc) is 2.96. The third-order valence-electron chi connectivity index (χ3n) is 7.92. The molecule has 0 aliphatic rings. The molecule has 2 unspecified atom stereocenters. The fraction of sp³-hybridized carbons (Fsp3) is 0.971. The number of hydrogen-bond acceptors (Lipinski definition) is 6. The SMILES string of the molecule is CCCCCCCCCCCCCCCCCC(=O)OC(COCCCCCCCCC)COP(=O)(O)OCC[N+](C)(C)C. The summed E-state index contributed by atoms with van der Waals surface area (Å²) in [5.41, 5.74) is 0. The molecule has 0 aliphatic heterocycles. The van der Waals surface area contributed by atoms with Crippen LogP contribution in [-0.2, 0) is 27.9 Å². The number of ether oxygens (including phenoxy) is 2. The maximum Gasteiger partial charge on any atom is 0.472 e. The van der Waals surface area contributed by atoms with Crippen LogP contribution in [0.25, 0.3) is 0 Å². The van der Waals surface area contributed by atoms with E-state index < -0.39 is 13.9 Å². The van der Waals surface area contributed by atoms with Crippen LogP contribution in [0.5, 0.6) is 0 Å². The van der Waals surface area contributed by atoms with Crippen molar-refractivity contribution in [1.29, 1.82) is 0 Å². The number of carbonyl (C=O) groups is 1. The Morgan fingerprint density at radius 1 is 0.614 bits per heavy atom. The molecule has 0 aromatic rings. The van der Waals surface area contributed by atoms with Crippen LogP contribution in [0, 0.1) is 0 Å². The van der Waals surface area contributed by atoms with Crippen molar-refractivity contribution in [3.8, 4) is 0 Å². The number of phosphoric acid groups is 1. The standard InChI is InChI=1S/C35H72NO7P/c1-6-8-10-12-14-15-16-17-18-19-20-21-22-24-26-28-35(37)43-34(32-40-30-27-25-23-13-11-9-7-2)33-42-44(38,39)41-31-29-36(3,4)5/h34H,6-33H2,1-5H3/p+1. The fourth-order valence-electron chi connectivity index (χ4n) is 5.02. The largest absolute Gasteiger partial charge is 0.472 e. The molecule has 0 radical (unpaired) electrons. The number of hydrogen-bond donors (Lipinski definition) is 1. The molecule has 0 spiro atoms. The van der Waals surface area contributed by atoms with Gasteiger partial charge in [-0.3, -0.25) is 13.8 Å². The summed E-state index contributed by atoms with van der Waals surface area (Å²) in [6.07, 6.45) is 27.0. The van der Waals surface area contributed by atoms with Crippen LogP contribution in [0.2, 0.25) is 0 Å². The molecule has 0 heterocycles. The Kier molecular flexibility index (Phi) is 29.5. The molecule has 8 nitrogen and oxygen atoms in total. The Balaban J connectivity index is 4.21. The molecule has 0 aliphatic carbocycles. The first kappa shape index (κ1) is 43.5. The highest BCUT2D eigenvalue weighted by Crippen LogP contribution is 2.43. The number of phosphoric ester groups is 1. The van der Waals surface area contributed by atoms with E-state index in [1.165, 1.54) is 109 Å². The number of nitrogens with zero attached hydrogens (tertiary/aromatic N) is 1. The van der Waals surface area contributed by atoms with E-state index in [4.69, 9.17) is 18.5 Å². The predicted molar refractivity (Wildman–Crippen MR) is 183 cm³/mol. The Morgan fingerprint density at radius 3 is 1.50 bits per heavy atom. The van der Waals surface area contributed by atoms with Gasteiger partial charge in [0.1, 0.15) is 19.3 Å². The van der Waals surface area contributed by atoms with Crippen LogP contribution in [0.1, 0.15) is 162 Å². The summed E-state index contributed by atoms with van der Waals surface area (Å²) in [5.74, 6) is -0.313. The van der Waals surface area contributed by atoms with Gasteiger partial charge in [-0.25, -0.2) is 4.57 Å². The summed E-state index contributed by atoms with van der Waals surface area (Å²) in [6, 6.07) is 0. The third kappa shape index (κ3) is 32.9. The zero-order chi connectivity index (χ0) is 32.8. The highest BCUT2D eigenvalue weighted by Gasteiger charge is 2.26. The second-order valence-electron chi connectivity index (χ2n) is 13.6. The average molecular weight is 651 g/mol. The number of likely N-dealkylation sites (N-methyl/N-ethyl adjacent to an activating group) is 1. The van der Waals surface area contributed by atoms with Gasteiger partial charge in [-0.15, -0.1) is 0 Å². The van der Waals surface area contributed by atoms with Gasteiger partial charge in [0, 0.05) is 13.0 Å². The van der Waals surface area contributed by atoms with Gasteiger partial charge in [0.15, 0.2) is 0 Å². The maximum absolute atomic E-state index is 12.6. The topological polar surface area (TPSA) is 91.3 Å². The number of esters is 1. The number of carbonyl (C=O) groups excluding carboxylic acids is 1. The van der Waals surface area contributed by atoms with Crippen molar-refractivity contribution in [3.63, 3.8) is 0 Å². The van der Waals surface area contributed by atoms with E-state index in [9.17, 15) is 14.3 Å². The first-order valence-corrected chi connectivity index (χ1v) is 19.8. The molecule has 0 rings (SSSR count). The Hall–Kier alpha value is -0.500. The van der Waals surface area contributed by atoms with Crippen LogP contribution >= 0.6 is 7.82 Å². The van der Waals surface area contributed by atoms with E-state index in [0.717, 1.165) is 32.1 Å². The quantitative estimate of drug-likeness (QED) is 0.0321. The van der Waals surface area contributed by atoms with Crippen LogP contribution in [0.3, 0.4) is 0 Å². The lowest BCUT2D eigenvalue weighted by Gasteiger charge is -2.24. The fourth-order valence-corrected chi connectivity index (χ4v) is 5.76. The Morgan fingerprint density at radius 2 is 1.05 bits per heavy atom. The van der Waals surface area contributed by atoms with Crippen molar-refractivity contribution in [2.24, 2.45) is 0 Å². The molecule has 0 amide bonds. The second-order valence-corrected chi connectivity index (χ2v) is 15.1. The molecular weight excluding hydrogens is 577 g/mol. The molecule has 2 atom stereocenters. The molecule has 0 saturated carbocycles. The molecule has 0 bridgehead atoms. The van der Waals surface area contributed by atoms with Gasteiger partial charge in [-0.2, -0.15) is 0 Å². The lowest BCUT2D eigenvalue weighted by Crippen LogP contribution is -2.37. The van der Waals surface area contributed by atoms with Gasteiger partial charge in [-0.05, 0) is 12.8 Å². The van der Waals surface area contributed by atoms with Crippen LogP contribution in [0.4, 0.5) is 0 Å². The monoisotopic (exact) mass is 651 g/mol. The highest BCUT2D eigenvalue weighted by atomic mass is 31.2. The van der Waals surface area contributed by atoms with Crippen molar-refractivity contribution in [3.05, 3.63) is 0 Å². The van der Waals surface area contributed by atoms with E-state index >= 15 is 0 Å². The van der Waals surface area contributed by atoms with Crippen LogP contribution in [-0.4, -0.2) is 75.6 Å². The van der Waals surface area contributed by atoms with Crippen molar-refractivity contribution in [2.75, 3.05) is 54.1 Å². The minimum Gasteiger partial charge on any atom is -0.457 e. The number of quaternary nitrogens is 1. The third-order valence-corrected chi connectivity index (χ3v) is 8.90. The Labute approximate surface area is 272 Å². The second kappa shape index (κ2) is 29.9. The van der Waals surface area contributed by atoms with E-state index in [0.29, 0.717) is 24.1 Å². The predicted octanol–water partition coefficient (Wildman–Crippen LogP) is 9.77. The minimum absolute atomic E-state index is 0.0929. The number of unbranched alkanes of at least 4 members (excludes halogenated alkanes) is 20. The molecule has 0 fully saturated rings. The molecule has 9 heteroatoms. The number of rotatable bonds is 34. The molecule has 44 heavy (non-hydrogen) atoms. The zero-order valence-corrected chi connectivity index (χ0v) is 30.6. The van der Waals surface area contributed by atoms with Gasteiger partial charge in [0.25, 0.3) is 0 Å². The summed E-state index contributed by atoms with van der Waals surface area (Å²) in [7, 11) is 1.68. The van der Waals surface area contributed by atoms with Gasteiger partial charge < -0.3 is 18.9 Å². The van der Waals surface area contributed by atoms with E-state index in [-0.39, 0.29) is 25.8 Å². The van der Waals surface area contributed by atoms with Crippen LogP contribution < -0.4 is 0 Å². The first-order valence-electron chi connectivity index (χ1n) is 18.3. The smallest absolute Gasteiger partial charge is 0.457 e. The van der Waals surface area contributed by atoms with Gasteiger partial charge in [-0.1, -0.05) is 142 Å². The molecule has 264 valence electrons. The normalized spacial score (nSPS) is 14.0. The van der Waals surface area contributed by atoms with E-state index in [1.54, 1.807) is 0 Å². The maximum atomic E-state index is 12.6. The van der Waals surface area contributed by atoms with E-state index in [1.807, 2.05) is 21.1 Å². The lowest BCUT2D eigenvalue weighted by atomic mass is 10.0. The summed E-state index contributed by atoms with van der Waals surface area (Å²) in [6.45, 7) is 5.61. The molecule has 0 saturated heterocycles. The van der Waals surface area contributed by atoms with Crippen molar-refractivity contribution < 1.29 is 37.3 Å². The summed E-state index contributed by atoms with van der Waals surface area (Å²) >= 11 is 0. The summed E-state index contributed by atoms with van der Waals surface area (Å²) in [5, 5.41) is 0. The molecule has 0 aromatic heterocycles. The Bertz CT molecular complexity index is 686. The first-order chi connectivity index (χ1) is 21.1. The zero-order valence-electron chi connectivity index (χ0n) is 29.7. The minimum atomic E-state index is -4.25. The van der Waals surface area contributed by atoms with Crippen molar-refractivity contribution in [2.45, 2.75) is 168 Å². The van der Waals surface area contributed by atoms with Gasteiger partial charge in [0.05, 0.1) is 34.4 Å². The molecule has 0 aromatic carbocycles. The lowest BCUT2D eigenvalue weighted by molar-refractivity contribution is -0.870. The van der Waals surface area contributed by atoms with Gasteiger partial charge in [0.2, 0.25) is 0 Å². The van der Waals surface area contributed by atoms with Crippen molar-refractivity contribution in [1.82, 2.24) is 0 Å². The van der Waals surface area contributed by atoms with Crippen LogP contribution in [0.15, 0.2) is 0 Å². The van der Waals surface area contributed by atoms with Gasteiger partial charge >= 0.3 is 13.8 Å². The molecule has 1 N–H and O–H groups in total. The summed E-state index contributed by atoms with van der Waals surface area (Å²) in [4.78, 5) is 22.7. The molecular formula is C35H73NO7P+. The highest BCUT2D eigenvalue weighted by molar-refractivity contribution is 7.47. The van der Waals surface area contributed by atoms with Crippen molar-refractivity contribution >= 4 is 13.8 Å². The van der Waals surface area contributed by atoms with E-state index in [2.05, 4.69) is 13.8 Å².